The van der Waals surface area contributed by atoms with Crippen LogP contribution in [-0.4, -0.2) is 11.6 Å². The molecule has 6 heteroatoms. The van der Waals surface area contributed by atoms with Gasteiger partial charge in [-0.25, -0.2) is 0 Å². The van der Waals surface area contributed by atoms with Crippen molar-refractivity contribution in [3.05, 3.63) is 119 Å². The lowest BCUT2D eigenvalue weighted by molar-refractivity contribution is 0.102. The molecule has 180 valence electrons. The Hall–Kier alpha value is -4.58. The van der Waals surface area contributed by atoms with Crippen LogP contribution in [0.2, 0.25) is 0 Å². The average Bonchev–Trinajstić information content (AvgIpc) is 3.35. The molecule has 0 saturated heterocycles. The number of aryl methyl sites for hydroxylation is 1. The normalized spacial score (nSPS) is 15.0. The number of rotatable bonds is 6. The maximum Gasteiger partial charge on any atom is 0.255 e. The molecule has 4 aromatic rings. The molecular weight excluding hydrogens is 446 g/mol. The Morgan fingerprint density at radius 3 is 2.22 bits per heavy atom. The van der Waals surface area contributed by atoms with Gasteiger partial charge in [-0.15, -0.1) is 0 Å². The van der Waals surface area contributed by atoms with Crippen molar-refractivity contribution in [1.82, 2.24) is 0 Å². The quantitative estimate of drug-likeness (QED) is 0.297. The van der Waals surface area contributed by atoms with Crippen molar-refractivity contribution in [2.24, 2.45) is 5.10 Å². The van der Waals surface area contributed by atoms with Crippen molar-refractivity contribution < 1.29 is 4.79 Å². The number of nitrogens with two attached hydrogens (primary N) is 2. The van der Waals surface area contributed by atoms with Gasteiger partial charge in [0.15, 0.2) is 0 Å². The van der Waals surface area contributed by atoms with Gasteiger partial charge in [-0.1, -0.05) is 61.5 Å². The lowest BCUT2D eigenvalue weighted by Gasteiger charge is -2.24. The number of amides is 1. The van der Waals surface area contributed by atoms with E-state index in [1.165, 1.54) is 5.56 Å². The highest BCUT2D eigenvalue weighted by Crippen LogP contribution is 2.37. The Bertz CT molecular complexity index is 1380. The summed E-state index contributed by atoms with van der Waals surface area (Å²) < 4.78 is 0. The number of hydrogen-bond acceptors (Lipinski definition) is 5. The van der Waals surface area contributed by atoms with E-state index in [-0.39, 0.29) is 11.9 Å². The molecule has 0 aliphatic carbocycles. The second-order valence-corrected chi connectivity index (χ2v) is 8.96. The van der Waals surface area contributed by atoms with Crippen molar-refractivity contribution in [2.45, 2.75) is 25.8 Å². The van der Waals surface area contributed by atoms with E-state index in [2.05, 4.69) is 53.6 Å². The number of nitrogens with zero attached hydrogens (tertiary/aromatic N) is 2. The van der Waals surface area contributed by atoms with Gasteiger partial charge in [-0.05, 0) is 65.6 Å². The zero-order valence-electron chi connectivity index (χ0n) is 20.2. The molecule has 1 amide bonds. The zero-order valence-corrected chi connectivity index (χ0v) is 20.2. The number of nitrogens with one attached hydrogen (secondary N) is 1. The number of carbonyl (C=O) groups is 1. The molecule has 0 saturated carbocycles. The summed E-state index contributed by atoms with van der Waals surface area (Å²) in [5.74, 6) is -0.255. The number of benzene rings is 4. The first-order valence-electron chi connectivity index (χ1n) is 12.1. The van der Waals surface area contributed by atoms with Crippen LogP contribution in [0.3, 0.4) is 0 Å². The van der Waals surface area contributed by atoms with Gasteiger partial charge in [0.05, 0.1) is 17.4 Å². The van der Waals surface area contributed by atoms with Crippen LogP contribution in [0.15, 0.2) is 102 Å². The first kappa shape index (κ1) is 23.2. The van der Waals surface area contributed by atoms with E-state index in [1.54, 1.807) is 18.2 Å². The summed E-state index contributed by atoms with van der Waals surface area (Å²) in [6.45, 7) is 2.16. The van der Waals surface area contributed by atoms with Crippen LogP contribution in [0, 0.1) is 0 Å². The maximum absolute atomic E-state index is 12.7. The highest BCUT2D eigenvalue weighted by atomic mass is 16.1. The summed E-state index contributed by atoms with van der Waals surface area (Å²) in [6.07, 6.45) is 1.80. The molecule has 1 unspecified atom stereocenters. The topological polar surface area (TPSA) is 96.7 Å². The smallest absolute Gasteiger partial charge is 0.255 e. The Balaban J connectivity index is 1.38. The van der Waals surface area contributed by atoms with Crippen molar-refractivity contribution in [3.63, 3.8) is 0 Å². The lowest BCUT2D eigenvalue weighted by Crippen LogP contribution is -2.18. The van der Waals surface area contributed by atoms with Crippen LogP contribution < -0.4 is 21.8 Å². The predicted octanol–water partition coefficient (Wildman–Crippen LogP) is 6.02. The molecule has 0 bridgehead atoms. The molecule has 1 aliphatic rings. The molecule has 0 spiro atoms. The zero-order chi connectivity index (χ0) is 25.1. The molecule has 1 aliphatic heterocycles. The Kier molecular flexibility index (Phi) is 6.41. The van der Waals surface area contributed by atoms with E-state index in [4.69, 9.17) is 16.6 Å². The Morgan fingerprint density at radius 2 is 1.58 bits per heavy atom. The van der Waals surface area contributed by atoms with Crippen LogP contribution in [0.25, 0.3) is 0 Å². The Morgan fingerprint density at radius 1 is 0.917 bits per heavy atom. The van der Waals surface area contributed by atoms with Gasteiger partial charge in [-0.2, -0.15) is 5.10 Å². The van der Waals surface area contributed by atoms with Crippen molar-refractivity contribution in [2.75, 3.05) is 21.8 Å². The summed E-state index contributed by atoms with van der Waals surface area (Å²) in [5, 5.41) is 10.0. The van der Waals surface area contributed by atoms with E-state index in [9.17, 15) is 4.79 Å². The summed E-state index contributed by atoms with van der Waals surface area (Å²) in [5.41, 5.74) is 19.4. The van der Waals surface area contributed by atoms with E-state index in [0.29, 0.717) is 22.6 Å². The lowest BCUT2D eigenvalue weighted by atomic mass is 9.97. The summed E-state index contributed by atoms with van der Waals surface area (Å²) in [4.78, 5) is 12.7. The molecule has 6 nitrogen and oxygen atoms in total. The van der Waals surface area contributed by atoms with Gasteiger partial charge in [0, 0.05) is 29.0 Å². The number of hydrogen-bond donors (Lipinski definition) is 3. The summed E-state index contributed by atoms with van der Waals surface area (Å²) >= 11 is 0. The maximum atomic E-state index is 12.7. The minimum Gasteiger partial charge on any atom is -0.399 e. The molecule has 5 rings (SSSR count). The standard InChI is InChI=1S/C30H29N5O/c1-2-20-8-10-21(11-9-20)28-19-29(35(34-28)27-6-4-3-5-7-27)22-12-14-26(15-13-22)33-30(36)23-16-24(31)18-25(32)17-23/h3-18,29H,2,19,31-32H2,1H3,(H,33,36). The molecule has 0 fully saturated rings. The van der Waals surface area contributed by atoms with Crippen molar-refractivity contribution in [1.29, 1.82) is 0 Å². The minimum atomic E-state index is -0.255. The fourth-order valence-electron chi connectivity index (χ4n) is 4.50. The highest BCUT2D eigenvalue weighted by molar-refractivity contribution is 6.05. The SMILES string of the molecule is CCc1ccc(C2=NN(c3ccccc3)C(c3ccc(NC(=O)c4cc(N)cc(N)c4)cc3)C2)cc1. The van der Waals surface area contributed by atoms with Gasteiger partial charge in [0.25, 0.3) is 5.91 Å². The molecule has 0 aromatic heterocycles. The predicted molar refractivity (Wildman–Crippen MR) is 148 cm³/mol. The summed E-state index contributed by atoms with van der Waals surface area (Å²) in [6, 6.07) is 31.7. The van der Waals surface area contributed by atoms with Crippen LogP contribution in [0.1, 0.15) is 46.4 Å². The molecular formula is C30H29N5O. The molecule has 1 atom stereocenters. The number of para-hydroxylation sites is 1. The number of carbonyl (C=O) groups excluding carboxylic acids is 1. The first-order valence-corrected chi connectivity index (χ1v) is 12.1. The minimum absolute atomic E-state index is 0.0479. The average molecular weight is 476 g/mol. The number of hydrazone groups is 1. The first-order chi connectivity index (χ1) is 17.5. The van der Waals surface area contributed by atoms with Gasteiger partial charge in [0.2, 0.25) is 0 Å². The largest absolute Gasteiger partial charge is 0.399 e. The van der Waals surface area contributed by atoms with Gasteiger partial charge >= 0.3 is 0 Å². The monoisotopic (exact) mass is 475 g/mol. The van der Waals surface area contributed by atoms with Crippen molar-refractivity contribution >= 4 is 34.4 Å². The molecule has 36 heavy (non-hydrogen) atoms. The Labute approximate surface area is 211 Å². The molecule has 5 N–H and O–H groups in total. The van der Waals surface area contributed by atoms with Crippen LogP contribution in [0.5, 0.6) is 0 Å². The third-order valence-corrected chi connectivity index (χ3v) is 6.42. The molecule has 4 aromatic carbocycles. The van der Waals surface area contributed by atoms with Crippen molar-refractivity contribution in [3.8, 4) is 0 Å². The van der Waals surface area contributed by atoms with E-state index >= 15 is 0 Å². The van der Waals surface area contributed by atoms with Crippen LogP contribution >= 0.6 is 0 Å². The van der Waals surface area contributed by atoms with Crippen LogP contribution in [-0.2, 0) is 6.42 Å². The second kappa shape index (κ2) is 9.96. The fraction of sp³-hybridized carbons (Fsp3) is 0.133. The summed E-state index contributed by atoms with van der Waals surface area (Å²) in [7, 11) is 0. The highest BCUT2D eigenvalue weighted by Gasteiger charge is 2.29. The van der Waals surface area contributed by atoms with Crippen LogP contribution in [0.4, 0.5) is 22.7 Å². The van der Waals surface area contributed by atoms with E-state index < -0.39 is 0 Å². The van der Waals surface area contributed by atoms with Gasteiger partial charge < -0.3 is 16.8 Å². The van der Waals surface area contributed by atoms with Gasteiger partial charge in [-0.3, -0.25) is 9.80 Å². The molecule has 1 heterocycles. The van der Waals surface area contributed by atoms with Gasteiger partial charge in [0.1, 0.15) is 0 Å². The van der Waals surface area contributed by atoms with E-state index in [1.807, 2.05) is 42.5 Å². The third-order valence-electron chi connectivity index (χ3n) is 6.42. The second-order valence-electron chi connectivity index (χ2n) is 8.96. The molecule has 0 radical (unpaired) electrons. The number of nitrogen functional groups attached to an aromatic ring is 2. The number of anilines is 4. The van der Waals surface area contributed by atoms with E-state index in [0.717, 1.165) is 35.4 Å². The third kappa shape index (κ3) is 4.93. The fourth-order valence-corrected chi connectivity index (χ4v) is 4.50.